The second-order valence-corrected chi connectivity index (χ2v) is 4.10. The van der Waals surface area contributed by atoms with Crippen molar-refractivity contribution in [1.29, 1.82) is 0 Å². The summed E-state index contributed by atoms with van der Waals surface area (Å²) in [5.74, 6) is -1.40. The molecule has 1 heterocycles. The number of rotatable bonds is 2. The molecule has 1 unspecified atom stereocenters. The van der Waals surface area contributed by atoms with Gasteiger partial charge in [-0.15, -0.1) is 0 Å². The van der Waals surface area contributed by atoms with E-state index >= 15 is 0 Å². The predicted octanol–water partition coefficient (Wildman–Crippen LogP) is 1.94. The van der Waals surface area contributed by atoms with Crippen LogP contribution in [-0.2, 0) is 4.74 Å². The summed E-state index contributed by atoms with van der Waals surface area (Å²) in [4.78, 5) is 0. The fourth-order valence-electron chi connectivity index (χ4n) is 2.00. The molecule has 84 valence electrons. The highest BCUT2D eigenvalue weighted by atomic mass is 19.4. The lowest BCUT2D eigenvalue weighted by Crippen LogP contribution is -2.45. The molecule has 1 saturated heterocycles. The molecule has 0 aliphatic carbocycles. The van der Waals surface area contributed by atoms with E-state index < -0.39 is 17.5 Å². The Morgan fingerprint density at radius 2 is 1.86 bits per heavy atom. The summed E-state index contributed by atoms with van der Waals surface area (Å²) in [6.45, 7) is 2.13. The average Bonchev–Trinajstić information content (AvgIpc) is 2.03. The molecule has 0 amide bonds. The van der Waals surface area contributed by atoms with Crippen LogP contribution in [0.25, 0.3) is 0 Å². The van der Waals surface area contributed by atoms with Crippen LogP contribution < -0.4 is 5.73 Å². The van der Waals surface area contributed by atoms with Gasteiger partial charge in [0.25, 0.3) is 0 Å². The highest BCUT2D eigenvalue weighted by Crippen LogP contribution is 2.45. The molecule has 0 saturated carbocycles. The highest BCUT2D eigenvalue weighted by Gasteiger charge is 2.50. The van der Waals surface area contributed by atoms with E-state index in [0.717, 1.165) is 0 Å². The van der Waals surface area contributed by atoms with Gasteiger partial charge in [-0.25, -0.2) is 0 Å². The first-order valence-electron chi connectivity index (χ1n) is 4.75. The molecule has 0 aromatic rings. The average molecular weight is 211 g/mol. The molecule has 1 fully saturated rings. The van der Waals surface area contributed by atoms with E-state index in [1.165, 1.54) is 0 Å². The van der Waals surface area contributed by atoms with Gasteiger partial charge in [0.2, 0.25) is 0 Å². The Balaban J connectivity index is 2.76. The minimum Gasteiger partial charge on any atom is -0.381 e. The third-order valence-electron chi connectivity index (χ3n) is 3.11. The first-order valence-corrected chi connectivity index (χ1v) is 4.75. The van der Waals surface area contributed by atoms with E-state index in [9.17, 15) is 13.2 Å². The SMILES string of the molecule is CC1(C(CN)C(F)(F)F)CCOCC1. The van der Waals surface area contributed by atoms with Gasteiger partial charge in [-0.05, 0) is 18.3 Å². The predicted molar refractivity (Wildman–Crippen MR) is 46.8 cm³/mol. The summed E-state index contributed by atoms with van der Waals surface area (Å²) in [5, 5.41) is 0. The summed E-state index contributed by atoms with van der Waals surface area (Å²) in [5.41, 5.74) is 4.47. The fraction of sp³-hybridized carbons (Fsp3) is 1.00. The van der Waals surface area contributed by atoms with E-state index in [-0.39, 0.29) is 6.54 Å². The van der Waals surface area contributed by atoms with Crippen molar-refractivity contribution in [1.82, 2.24) is 0 Å². The third-order valence-corrected chi connectivity index (χ3v) is 3.11. The second-order valence-electron chi connectivity index (χ2n) is 4.10. The van der Waals surface area contributed by atoms with Crippen LogP contribution in [0.2, 0.25) is 0 Å². The maximum absolute atomic E-state index is 12.6. The van der Waals surface area contributed by atoms with E-state index in [1.54, 1.807) is 6.92 Å². The minimum absolute atomic E-state index is 0.333. The van der Waals surface area contributed by atoms with Crippen LogP contribution in [0, 0.1) is 11.3 Å². The van der Waals surface area contributed by atoms with Gasteiger partial charge in [-0.1, -0.05) is 6.92 Å². The fourth-order valence-corrected chi connectivity index (χ4v) is 2.00. The molecular weight excluding hydrogens is 195 g/mol. The van der Waals surface area contributed by atoms with Crippen molar-refractivity contribution in [2.24, 2.45) is 17.1 Å². The summed E-state index contributed by atoms with van der Waals surface area (Å²) in [6.07, 6.45) is -3.32. The first kappa shape index (κ1) is 11.8. The smallest absolute Gasteiger partial charge is 0.381 e. The van der Waals surface area contributed by atoms with Gasteiger partial charge in [-0.3, -0.25) is 0 Å². The molecule has 0 aromatic heterocycles. The standard InChI is InChI=1S/C9H16F3NO/c1-8(2-4-14-5-3-8)7(6-13)9(10,11)12/h7H,2-6,13H2,1H3. The molecule has 1 atom stereocenters. The Morgan fingerprint density at radius 3 is 2.21 bits per heavy atom. The van der Waals surface area contributed by atoms with Gasteiger partial charge in [0.1, 0.15) is 0 Å². The van der Waals surface area contributed by atoms with Gasteiger partial charge in [0.15, 0.2) is 0 Å². The third kappa shape index (κ3) is 2.39. The lowest BCUT2D eigenvalue weighted by molar-refractivity contribution is -0.212. The normalized spacial score (nSPS) is 24.6. The van der Waals surface area contributed by atoms with Gasteiger partial charge < -0.3 is 10.5 Å². The lowest BCUT2D eigenvalue weighted by atomic mass is 9.71. The van der Waals surface area contributed by atoms with Crippen molar-refractivity contribution < 1.29 is 17.9 Å². The molecule has 1 rings (SSSR count). The van der Waals surface area contributed by atoms with Gasteiger partial charge in [0.05, 0.1) is 5.92 Å². The Kier molecular flexibility index (Phi) is 3.42. The van der Waals surface area contributed by atoms with E-state index in [2.05, 4.69) is 0 Å². The lowest BCUT2D eigenvalue weighted by Gasteiger charge is -2.40. The van der Waals surface area contributed by atoms with E-state index in [4.69, 9.17) is 10.5 Å². The van der Waals surface area contributed by atoms with Crippen molar-refractivity contribution in [2.75, 3.05) is 19.8 Å². The highest BCUT2D eigenvalue weighted by molar-refractivity contribution is 4.89. The molecule has 0 spiro atoms. The first-order chi connectivity index (χ1) is 6.40. The van der Waals surface area contributed by atoms with Crippen molar-refractivity contribution in [2.45, 2.75) is 25.9 Å². The molecule has 2 N–H and O–H groups in total. The van der Waals surface area contributed by atoms with Crippen LogP contribution in [0.3, 0.4) is 0 Å². The number of hydrogen-bond acceptors (Lipinski definition) is 2. The molecule has 2 nitrogen and oxygen atoms in total. The van der Waals surface area contributed by atoms with Crippen LogP contribution >= 0.6 is 0 Å². The molecule has 1 aliphatic rings. The largest absolute Gasteiger partial charge is 0.393 e. The maximum atomic E-state index is 12.6. The van der Waals surface area contributed by atoms with Crippen LogP contribution in [0.15, 0.2) is 0 Å². The minimum atomic E-state index is -4.19. The summed E-state index contributed by atoms with van der Waals surface area (Å²) >= 11 is 0. The van der Waals surface area contributed by atoms with Crippen LogP contribution in [0.4, 0.5) is 13.2 Å². The molecule has 0 aromatic carbocycles. The van der Waals surface area contributed by atoms with E-state index in [1.807, 2.05) is 0 Å². The quantitative estimate of drug-likeness (QED) is 0.757. The Hall–Kier alpha value is -0.290. The number of hydrogen-bond donors (Lipinski definition) is 1. The molecule has 14 heavy (non-hydrogen) atoms. The molecule has 0 bridgehead atoms. The Morgan fingerprint density at radius 1 is 1.36 bits per heavy atom. The molecule has 5 heteroatoms. The number of nitrogens with two attached hydrogens (primary N) is 1. The number of halogens is 3. The second kappa shape index (κ2) is 4.06. The number of alkyl halides is 3. The topological polar surface area (TPSA) is 35.2 Å². The van der Waals surface area contributed by atoms with Gasteiger partial charge in [0, 0.05) is 19.8 Å². The zero-order valence-corrected chi connectivity index (χ0v) is 8.23. The monoisotopic (exact) mass is 211 g/mol. The molecule has 1 aliphatic heterocycles. The zero-order valence-electron chi connectivity index (χ0n) is 8.23. The van der Waals surface area contributed by atoms with Crippen LogP contribution in [0.5, 0.6) is 0 Å². The molecule has 0 radical (unpaired) electrons. The zero-order chi connectivity index (χ0) is 10.8. The summed E-state index contributed by atoms with van der Waals surface area (Å²) in [7, 11) is 0. The van der Waals surface area contributed by atoms with Crippen molar-refractivity contribution in [3.63, 3.8) is 0 Å². The van der Waals surface area contributed by atoms with Crippen molar-refractivity contribution >= 4 is 0 Å². The maximum Gasteiger partial charge on any atom is 0.393 e. The van der Waals surface area contributed by atoms with Gasteiger partial charge >= 0.3 is 6.18 Å². The Labute approximate surface area is 81.6 Å². The van der Waals surface area contributed by atoms with Gasteiger partial charge in [-0.2, -0.15) is 13.2 Å². The van der Waals surface area contributed by atoms with Crippen LogP contribution in [0.1, 0.15) is 19.8 Å². The van der Waals surface area contributed by atoms with Crippen molar-refractivity contribution in [3.05, 3.63) is 0 Å². The van der Waals surface area contributed by atoms with Crippen LogP contribution in [-0.4, -0.2) is 25.9 Å². The summed E-state index contributed by atoms with van der Waals surface area (Å²) < 4.78 is 43.0. The number of ether oxygens (including phenoxy) is 1. The summed E-state index contributed by atoms with van der Waals surface area (Å²) in [6, 6.07) is 0. The van der Waals surface area contributed by atoms with Crippen molar-refractivity contribution in [3.8, 4) is 0 Å². The molecular formula is C9H16F3NO. The van der Waals surface area contributed by atoms with E-state index in [0.29, 0.717) is 26.1 Å². The Bertz CT molecular complexity index is 187.